The molecule has 0 spiro atoms. The standard InChI is InChI=1S/C12H19N3O3S/c1-2-3-4-9-14-19(17,18)11-7-5-10(6-8-11)15-12(13)16/h5-8,14H,2-4,9H2,1H3,(H3,13,15,16). The number of urea groups is 1. The van der Waals surface area contributed by atoms with Crippen LogP contribution < -0.4 is 15.8 Å². The van der Waals surface area contributed by atoms with Crippen molar-refractivity contribution in [3.63, 3.8) is 0 Å². The average Bonchev–Trinajstić information content (AvgIpc) is 2.35. The molecule has 0 aliphatic heterocycles. The summed E-state index contributed by atoms with van der Waals surface area (Å²) >= 11 is 0. The van der Waals surface area contributed by atoms with Crippen molar-refractivity contribution < 1.29 is 13.2 Å². The second kappa shape index (κ2) is 7.10. The van der Waals surface area contributed by atoms with E-state index in [4.69, 9.17) is 5.73 Å². The van der Waals surface area contributed by atoms with Crippen LogP contribution in [0.2, 0.25) is 0 Å². The molecule has 19 heavy (non-hydrogen) atoms. The smallest absolute Gasteiger partial charge is 0.316 e. The number of carbonyl (C=O) groups is 1. The lowest BCUT2D eigenvalue weighted by Gasteiger charge is -2.07. The molecule has 2 amide bonds. The zero-order valence-corrected chi connectivity index (χ0v) is 11.7. The monoisotopic (exact) mass is 285 g/mol. The summed E-state index contributed by atoms with van der Waals surface area (Å²) in [6, 6.07) is 5.14. The highest BCUT2D eigenvalue weighted by molar-refractivity contribution is 7.89. The molecule has 1 aromatic carbocycles. The number of nitrogens with two attached hydrogens (primary N) is 1. The van der Waals surface area contributed by atoms with Gasteiger partial charge in [-0.3, -0.25) is 0 Å². The molecule has 0 saturated heterocycles. The van der Waals surface area contributed by atoms with E-state index in [0.29, 0.717) is 12.2 Å². The van der Waals surface area contributed by atoms with E-state index in [9.17, 15) is 13.2 Å². The quantitative estimate of drug-likeness (QED) is 0.664. The summed E-state index contributed by atoms with van der Waals surface area (Å²) in [4.78, 5) is 10.8. The number of amides is 2. The number of sulfonamides is 1. The predicted octanol–water partition coefficient (Wildman–Crippen LogP) is 1.65. The number of hydrogen-bond acceptors (Lipinski definition) is 3. The van der Waals surface area contributed by atoms with E-state index in [1.807, 2.05) is 0 Å². The van der Waals surface area contributed by atoms with Gasteiger partial charge in [-0.15, -0.1) is 0 Å². The highest BCUT2D eigenvalue weighted by atomic mass is 32.2. The van der Waals surface area contributed by atoms with Crippen molar-refractivity contribution in [1.29, 1.82) is 0 Å². The van der Waals surface area contributed by atoms with E-state index in [2.05, 4.69) is 17.0 Å². The molecule has 1 rings (SSSR count). The Bertz CT molecular complexity index is 512. The summed E-state index contributed by atoms with van der Waals surface area (Å²) in [5.41, 5.74) is 5.42. The van der Waals surface area contributed by atoms with Crippen molar-refractivity contribution in [3.05, 3.63) is 24.3 Å². The van der Waals surface area contributed by atoms with Gasteiger partial charge in [0.25, 0.3) is 0 Å². The zero-order chi connectivity index (χ0) is 14.3. The van der Waals surface area contributed by atoms with Gasteiger partial charge in [-0.25, -0.2) is 17.9 Å². The minimum atomic E-state index is -3.48. The molecule has 0 aliphatic rings. The summed E-state index contributed by atoms with van der Waals surface area (Å²) in [5, 5.41) is 2.37. The van der Waals surface area contributed by atoms with Crippen LogP contribution in [0.1, 0.15) is 26.2 Å². The molecule has 0 atom stereocenters. The third-order valence-corrected chi connectivity index (χ3v) is 3.98. The Balaban J connectivity index is 2.65. The highest BCUT2D eigenvalue weighted by Crippen LogP contribution is 2.13. The number of nitrogens with one attached hydrogen (secondary N) is 2. The number of unbranched alkanes of at least 4 members (excludes halogenated alkanes) is 2. The number of rotatable bonds is 7. The van der Waals surface area contributed by atoms with Crippen LogP contribution in [0, 0.1) is 0 Å². The zero-order valence-electron chi connectivity index (χ0n) is 10.8. The van der Waals surface area contributed by atoms with Crippen molar-refractivity contribution >= 4 is 21.7 Å². The van der Waals surface area contributed by atoms with Gasteiger partial charge in [-0.1, -0.05) is 19.8 Å². The minimum Gasteiger partial charge on any atom is -0.351 e. The molecule has 0 aliphatic carbocycles. The van der Waals surface area contributed by atoms with Gasteiger partial charge in [0.2, 0.25) is 10.0 Å². The van der Waals surface area contributed by atoms with Crippen molar-refractivity contribution in [1.82, 2.24) is 4.72 Å². The lowest BCUT2D eigenvalue weighted by Crippen LogP contribution is -2.25. The van der Waals surface area contributed by atoms with Gasteiger partial charge in [0.05, 0.1) is 4.90 Å². The normalized spacial score (nSPS) is 11.2. The second-order valence-electron chi connectivity index (χ2n) is 4.12. The first-order valence-corrected chi connectivity index (χ1v) is 7.60. The van der Waals surface area contributed by atoms with E-state index in [1.54, 1.807) is 0 Å². The fraction of sp³-hybridized carbons (Fsp3) is 0.417. The lowest BCUT2D eigenvalue weighted by atomic mass is 10.3. The maximum absolute atomic E-state index is 11.9. The fourth-order valence-electron chi connectivity index (χ4n) is 1.52. The third-order valence-electron chi connectivity index (χ3n) is 2.50. The van der Waals surface area contributed by atoms with E-state index in [0.717, 1.165) is 19.3 Å². The molecular weight excluding hydrogens is 266 g/mol. The molecule has 0 fully saturated rings. The minimum absolute atomic E-state index is 0.166. The van der Waals surface area contributed by atoms with E-state index in [1.165, 1.54) is 24.3 Å². The van der Waals surface area contributed by atoms with E-state index < -0.39 is 16.1 Å². The Morgan fingerprint density at radius 2 is 1.84 bits per heavy atom. The maximum atomic E-state index is 11.9. The number of carbonyl (C=O) groups excluding carboxylic acids is 1. The molecule has 0 radical (unpaired) electrons. The largest absolute Gasteiger partial charge is 0.351 e. The molecule has 106 valence electrons. The molecule has 4 N–H and O–H groups in total. The molecule has 0 unspecified atom stereocenters. The Kier molecular flexibility index (Phi) is 5.78. The van der Waals surface area contributed by atoms with Crippen molar-refractivity contribution in [2.75, 3.05) is 11.9 Å². The van der Waals surface area contributed by atoms with Crippen LogP contribution in [-0.4, -0.2) is 21.0 Å². The topological polar surface area (TPSA) is 101 Å². The molecule has 6 nitrogen and oxygen atoms in total. The van der Waals surface area contributed by atoms with Crippen LogP contribution in [0.4, 0.5) is 10.5 Å². The van der Waals surface area contributed by atoms with Gasteiger partial charge in [0.1, 0.15) is 0 Å². The highest BCUT2D eigenvalue weighted by Gasteiger charge is 2.12. The van der Waals surface area contributed by atoms with Gasteiger partial charge in [-0.2, -0.15) is 0 Å². The summed E-state index contributed by atoms with van der Waals surface area (Å²) in [6.07, 6.45) is 2.84. The predicted molar refractivity (Wildman–Crippen MR) is 74.4 cm³/mol. The Morgan fingerprint density at radius 1 is 1.21 bits per heavy atom. The second-order valence-corrected chi connectivity index (χ2v) is 5.89. The van der Waals surface area contributed by atoms with Gasteiger partial charge in [0.15, 0.2) is 0 Å². The van der Waals surface area contributed by atoms with Gasteiger partial charge < -0.3 is 11.1 Å². The third kappa shape index (κ3) is 5.27. The fourth-order valence-corrected chi connectivity index (χ4v) is 2.60. The van der Waals surface area contributed by atoms with Gasteiger partial charge >= 0.3 is 6.03 Å². The molecule has 0 aromatic heterocycles. The van der Waals surface area contributed by atoms with Gasteiger partial charge in [-0.05, 0) is 30.7 Å². The molecular formula is C12H19N3O3S. The summed E-state index contributed by atoms with van der Waals surface area (Å²) in [5.74, 6) is 0. The summed E-state index contributed by atoms with van der Waals surface area (Å²) in [6.45, 7) is 2.48. The van der Waals surface area contributed by atoms with Crippen LogP contribution in [0.25, 0.3) is 0 Å². The molecule has 0 heterocycles. The summed E-state index contributed by atoms with van der Waals surface area (Å²) in [7, 11) is -3.48. The first-order chi connectivity index (χ1) is 8.95. The van der Waals surface area contributed by atoms with Crippen LogP contribution in [0.15, 0.2) is 29.2 Å². The Morgan fingerprint density at radius 3 is 2.37 bits per heavy atom. The Labute approximate surface area is 113 Å². The first kappa shape index (κ1) is 15.5. The van der Waals surface area contributed by atoms with E-state index in [-0.39, 0.29) is 4.90 Å². The van der Waals surface area contributed by atoms with Crippen LogP contribution in [0.3, 0.4) is 0 Å². The van der Waals surface area contributed by atoms with Crippen LogP contribution in [0.5, 0.6) is 0 Å². The SMILES string of the molecule is CCCCCNS(=O)(=O)c1ccc(NC(N)=O)cc1. The van der Waals surface area contributed by atoms with Crippen molar-refractivity contribution in [2.24, 2.45) is 5.73 Å². The molecule has 0 saturated carbocycles. The van der Waals surface area contributed by atoms with Crippen LogP contribution >= 0.6 is 0 Å². The lowest BCUT2D eigenvalue weighted by molar-refractivity contribution is 0.259. The average molecular weight is 285 g/mol. The van der Waals surface area contributed by atoms with Crippen LogP contribution in [-0.2, 0) is 10.0 Å². The van der Waals surface area contributed by atoms with E-state index >= 15 is 0 Å². The Hall–Kier alpha value is -1.60. The molecule has 0 bridgehead atoms. The molecule has 1 aromatic rings. The molecule has 7 heteroatoms. The van der Waals surface area contributed by atoms with Gasteiger partial charge in [0, 0.05) is 12.2 Å². The van der Waals surface area contributed by atoms with Crippen molar-refractivity contribution in [2.45, 2.75) is 31.1 Å². The number of hydrogen-bond donors (Lipinski definition) is 3. The number of anilines is 1. The maximum Gasteiger partial charge on any atom is 0.316 e. The summed E-state index contributed by atoms with van der Waals surface area (Å²) < 4.78 is 26.3. The number of primary amides is 1. The number of benzene rings is 1. The van der Waals surface area contributed by atoms with Crippen molar-refractivity contribution in [3.8, 4) is 0 Å². The first-order valence-electron chi connectivity index (χ1n) is 6.12.